The second-order valence-corrected chi connectivity index (χ2v) is 3.34. The number of nitrogens with one attached hydrogen (secondary N) is 1. The fraction of sp³-hybridized carbons (Fsp3) is 0.385. The van der Waals surface area contributed by atoms with E-state index in [1.165, 1.54) is 5.56 Å². The van der Waals surface area contributed by atoms with Gasteiger partial charge in [-0.3, -0.25) is 0 Å². The molecule has 1 rings (SSSR count). The topological polar surface area (TPSA) is 21.3 Å². The van der Waals surface area contributed by atoms with E-state index in [-0.39, 0.29) is 6.04 Å². The van der Waals surface area contributed by atoms with Crippen LogP contribution in [-0.4, -0.2) is 13.7 Å². The Morgan fingerprint density at radius 2 is 2.20 bits per heavy atom. The van der Waals surface area contributed by atoms with Gasteiger partial charge in [-0.1, -0.05) is 24.3 Å². The third-order valence-electron chi connectivity index (χ3n) is 2.35. The molecule has 0 aliphatic rings. The molecule has 0 amide bonds. The van der Waals surface area contributed by atoms with Crippen LogP contribution in [0.25, 0.3) is 0 Å². The van der Waals surface area contributed by atoms with Crippen molar-refractivity contribution in [3.8, 4) is 5.75 Å². The summed E-state index contributed by atoms with van der Waals surface area (Å²) in [6.45, 7) is 6.46. The zero-order valence-electron chi connectivity index (χ0n) is 9.49. The Hall–Kier alpha value is -1.28. The van der Waals surface area contributed by atoms with Gasteiger partial charge in [-0.15, -0.1) is 6.58 Å². The number of benzene rings is 1. The molecule has 0 spiro atoms. The second-order valence-electron chi connectivity index (χ2n) is 3.34. The minimum atomic E-state index is 0.283. The summed E-state index contributed by atoms with van der Waals surface area (Å²) >= 11 is 0. The fourth-order valence-corrected chi connectivity index (χ4v) is 1.62. The predicted octanol–water partition coefficient (Wildman–Crippen LogP) is 2.92. The largest absolute Gasteiger partial charge is 0.494 e. The summed E-state index contributed by atoms with van der Waals surface area (Å²) < 4.78 is 5.59. The normalized spacial score (nSPS) is 12.1. The van der Waals surface area contributed by atoms with Crippen molar-refractivity contribution in [1.29, 1.82) is 0 Å². The minimum Gasteiger partial charge on any atom is -0.494 e. The molecule has 0 aromatic heterocycles. The van der Waals surface area contributed by atoms with Gasteiger partial charge in [-0.25, -0.2) is 0 Å². The lowest BCUT2D eigenvalue weighted by atomic mass is 10.0. The monoisotopic (exact) mass is 205 g/mol. The number of para-hydroxylation sites is 1. The summed E-state index contributed by atoms with van der Waals surface area (Å²) in [4.78, 5) is 0. The molecule has 0 fully saturated rings. The van der Waals surface area contributed by atoms with E-state index in [2.05, 4.69) is 18.0 Å². The highest BCUT2D eigenvalue weighted by Crippen LogP contribution is 2.26. The molecule has 1 unspecified atom stereocenters. The zero-order chi connectivity index (χ0) is 11.1. The summed E-state index contributed by atoms with van der Waals surface area (Å²) in [7, 11) is 1.96. The number of ether oxygens (including phenoxy) is 1. The maximum atomic E-state index is 5.59. The van der Waals surface area contributed by atoms with Gasteiger partial charge < -0.3 is 10.1 Å². The van der Waals surface area contributed by atoms with Gasteiger partial charge in [-0.2, -0.15) is 0 Å². The van der Waals surface area contributed by atoms with Crippen molar-refractivity contribution >= 4 is 0 Å². The molecule has 1 aromatic rings. The molecule has 2 heteroatoms. The van der Waals surface area contributed by atoms with Gasteiger partial charge in [0.1, 0.15) is 5.75 Å². The van der Waals surface area contributed by atoms with Crippen LogP contribution in [0, 0.1) is 0 Å². The molecule has 0 radical (unpaired) electrons. The van der Waals surface area contributed by atoms with Crippen molar-refractivity contribution in [2.24, 2.45) is 0 Å². The van der Waals surface area contributed by atoms with Gasteiger partial charge in [0, 0.05) is 11.6 Å². The Morgan fingerprint density at radius 1 is 1.47 bits per heavy atom. The van der Waals surface area contributed by atoms with Gasteiger partial charge in [-0.05, 0) is 26.5 Å². The Bertz CT molecular complexity index is 309. The first kappa shape index (κ1) is 11.8. The van der Waals surface area contributed by atoms with E-state index in [9.17, 15) is 0 Å². The van der Waals surface area contributed by atoms with E-state index in [1.807, 2.05) is 38.2 Å². The molecule has 1 atom stereocenters. The Labute approximate surface area is 92.0 Å². The van der Waals surface area contributed by atoms with Crippen LogP contribution in [0.15, 0.2) is 36.9 Å². The van der Waals surface area contributed by atoms with E-state index in [0.717, 1.165) is 12.2 Å². The van der Waals surface area contributed by atoms with Crippen molar-refractivity contribution in [3.63, 3.8) is 0 Å². The van der Waals surface area contributed by atoms with E-state index in [1.54, 1.807) is 0 Å². The molecule has 0 bridgehead atoms. The van der Waals surface area contributed by atoms with E-state index >= 15 is 0 Å². The molecule has 0 heterocycles. The standard InChI is InChI=1S/C13H19NO/c1-4-8-12(14-3)11-9-6-7-10-13(11)15-5-2/h4,6-7,9-10,12,14H,1,5,8H2,2-3H3. The van der Waals surface area contributed by atoms with E-state index < -0.39 is 0 Å². The lowest BCUT2D eigenvalue weighted by molar-refractivity contribution is 0.332. The van der Waals surface area contributed by atoms with Crippen LogP contribution in [0.4, 0.5) is 0 Å². The first-order valence-corrected chi connectivity index (χ1v) is 5.33. The highest BCUT2D eigenvalue weighted by Gasteiger charge is 2.11. The number of hydrogen-bond acceptors (Lipinski definition) is 2. The molecule has 15 heavy (non-hydrogen) atoms. The van der Waals surface area contributed by atoms with Crippen molar-refractivity contribution in [2.45, 2.75) is 19.4 Å². The smallest absolute Gasteiger partial charge is 0.124 e. The van der Waals surface area contributed by atoms with Crippen molar-refractivity contribution in [1.82, 2.24) is 5.32 Å². The van der Waals surface area contributed by atoms with Gasteiger partial charge in [0.05, 0.1) is 6.61 Å². The molecular formula is C13H19NO. The molecule has 1 aromatic carbocycles. The van der Waals surface area contributed by atoms with Crippen LogP contribution in [0.2, 0.25) is 0 Å². The van der Waals surface area contributed by atoms with Gasteiger partial charge >= 0.3 is 0 Å². The van der Waals surface area contributed by atoms with Crippen LogP contribution in [0.5, 0.6) is 5.75 Å². The third kappa shape index (κ3) is 3.10. The SMILES string of the molecule is C=CCC(NC)c1ccccc1OCC. The van der Waals surface area contributed by atoms with Crippen molar-refractivity contribution in [2.75, 3.05) is 13.7 Å². The average molecular weight is 205 g/mol. The number of rotatable bonds is 6. The van der Waals surface area contributed by atoms with Crippen LogP contribution >= 0.6 is 0 Å². The lowest BCUT2D eigenvalue weighted by Gasteiger charge is -2.18. The fourth-order valence-electron chi connectivity index (χ4n) is 1.62. The van der Waals surface area contributed by atoms with Crippen molar-refractivity contribution < 1.29 is 4.74 Å². The summed E-state index contributed by atoms with van der Waals surface area (Å²) in [5.74, 6) is 0.959. The molecule has 0 saturated carbocycles. The van der Waals surface area contributed by atoms with Gasteiger partial charge in [0.2, 0.25) is 0 Å². The molecule has 0 aliphatic carbocycles. The summed E-state index contributed by atoms with van der Waals surface area (Å²) in [5.41, 5.74) is 1.20. The van der Waals surface area contributed by atoms with Crippen molar-refractivity contribution in [3.05, 3.63) is 42.5 Å². The summed E-state index contributed by atoms with van der Waals surface area (Å²) in [5, 5.41) is 3.27. The van der Waals surface area contributed by atoms with Crippen LogP contribution in [-0.2, 0) is 0 Å². The Morgan fingerprint density at radius 3 is 2.80 bits per heavy atom. The third-order valence-corrected chi connectivity index (χ3v) is 2.35. The molecule has 0 aliphatic heterocycles. The maximum Gasteiger partial charge on any atom is 0.124 e. The molecular weight excluding hydrogens is 186 g/mol. The predicted molar refractivity (Wildman–Crippen MR) is 64.2 cm³/mol. The van der Waals surface area contributed by atoms with Crippen LogP contribution in [0.3, 0.4) is 0 Å². The van der Waals surface area contributed by atoms with Gasteiger partial charge in [0.15, 0.2) is 0 Å². The summed E-state index contributed by atoms with van der Waals surface area (Å²) in [6.07, 6.45) is 2.82. The number of hydrogen-bond donors (Lipinski definition) is 1. The average Bonchev–Trinajstić information content (AvgIpc) is 2.27. The molecule has 2 nitrogen and oxygen atoms in total. The van der Waals surface area contributed by atoms with Gasteiger partial charge in [0.25, 0.3) is 0 Å². The first-order valence-electron chi connectivity index (χ1n) is 5.33. The molecule has 82 valence electrons. The highest BCUT2D eigenvalue weighted by molar-refractivity contribution is 5.36. The first-order chi connectivity index (χ1) is 7.33. The highest BCUT2D eigenvalue weighted by atomic mass is 16.5. The quantitative estimate of drug-likeness (QED) is 0.721. The maximum absolute atomic E-state index is 5.59. The Balaban J connectivity index is 2.93. The molecule has 1 N–H and O–H groups in total. The molecule has 0 saturated heterocycles. The van der Waals surface area contributed by atoms with Crippen LogP contribution < -0.4 is 10.1 Å². The zero-order valence-corrected chi connectivity index (χ0v) is 9.49. The Kier molecular flexibility index (Phi) is 4.91. The van der Waals surface area contributed by atoms with E-state index in [4.69, 9.17) is 4.74 Å². The summed E-state index contributed by atoms with van der Waals surface area (Å²) in [6, 6.07) is 8.41. The lowest BCUT2D eigenvalue weighted by Crippen LogP contribution is -2.16. The van der Waals surface area contributed by atoms with E-state index in [0.29, 0.717) is 6.61 Å². The minimum absolute atomic E-state index is 0.283. The van der Waals surface area contributed by atoms with Crippen LogP contribution in [0.1, 0.15) is 24.9 Å². The second kappa shape index (κ2) is 6.25.